The molecule has 2 aliphatic heterocycles. The Morgan fingerprint density at radius 3 is 0.738 bits per heavy atom. The Morgan fingerprint density at radius 1 is 0.205 bits per heavy atom. The van der Waals surface area contributed by atoms with Crippen molar-refractivity contribution in [1.82, 2.24) is 18.3 Å². The third kappa shape index (κ3) is 11.0. The molecule has 122 heavy (non-hydrogen) atoms. The van der Waals surface area contributed by atoms with Gasteiger partial charge in [0.2, 0.25) is 6.71 Å². The molecule has 6 heteroatoms. The van der Waals surface area contributed by atoms with Gasteiger partial charge in [-0.25, -0.2) is 0 Å². The number of fused-ring (bicyclic) bond motifs is 22. The summed E-state index contributed by atoms with van der Waals surface area (Å²) >= 11 is 4.27. The van der Waals surface area contributed by atoms with E-state index >= 15 is 0 Å². The summed E-state index contributed by atoms with van der Waals surface area (Å²) in [6.07, 6.45) is 0. The van der Waals surface area contributed by atoms with Crippen LogP contribution in [0.5, 0.6) is 0 Å². The Hall–Kier alpha value is -13.3. The first-order valence-electron chi connectivity index (χ1n) is 43.3. The van der Waals surface area contributed by atoms with Crippen molar-refractivity contribution in [1.29, 1.82) is 0 Å². The molecule has 24 rings (SSSR count). The summed E-state index contributed by atoms with van der Waals surface area (Å²) < 4.78 is 11.1. The zero-order chi connectivity index (χ0) is 82.9. The van der Waals surface area contributed by atoms with Crippen LogP contribution in [0.15, 0.2) is 344 Å². The van der Waals surface area contributed by atoms with Crippen LogP contribution in [-0.4, -0.2) is 25.0 Å². The Labute approximate surface area is 720 Å². The minimum atomic E-state index is 0.0821. The van der Waals surface area contributed by atoms with Gasteiger partial charge in [0.15, 0.2) is 0 Å². The molecule has 0 saturated carbocycles. The second-order valence-corrected chi connectivity index (χ2v) is 39.2. The van der Waals surface area contributed by atoms with Crippen molar-refractivity contribution >= 4 is 169 Å². The average Bonchev–Trinajstić information content (AvgIpc) is 1.24. The van der Waals surface area contributed by atoms with E-state index in [1.165, 1.54) is 236 Å². The van der Waals surface area contributed by atoms with Gasteiger partial charge < -0.3 is 18.3 Å². The molecule has 0 spiro atoms. The van der Waals surface area contributed by atoms with Gasteiger partial charge in [0.25, 0.3) is 0 Å². The largest absolute Gasteiger partial charge is 0.309 e. The van der Waals surface area contributed by atoms with Gasteiger partial charge in [-0.1, -0.05) is 342 Å². The molecule has 0 radical (unpaired) electrons. The number of nitrogens with zero attached hydrogens (tertiary/aromatic N) is 4. The van der Waals surface area contributed by atoms with E-state index in [0.29, 0.717) is 0 Å². The van der Waals surface area contributed by atoms with Crippen LogP contribution in [0.3, 0.4) is 0 Å². The topological polar surface area (TPSA) is 19.7 Å². The second kappa shape index (κ2) is 26.9. The summed E-state index contributed by atoms with van der Waals surface area (Å²) in [4.78, 5) is 0. The highest BCUT2D eigenvalue weighted by atomic mass is 79.9. The molecule has 0 atom stereocenters. The second-order valence-electron chi connectivity index (χ2n) is 38.4. The molecule has 4 nitrogen and oxygen atoms in total. The predicted octanol–water partition coefficient (Wildman–Crippen LogP) is 30.1. The molecule has 0 N–H and O–H groups in total. The first-order valence-corrected chi connectivity index (χ1v) is 44.1. The molecule has 0 saturated heterocycles. The van der Waals surface area contributed by atoms with Crippen LogP contribution in [0, 0.1) is 0 Å². The van der Waals surface area contributed by atoms with E-state index < -0.39 is 0 Å². The molecule has 2 aliphatic rings. The smallest absolute Gasteiger partial charge is 0.244 e. The van der Waals surface area contributed by atoms with Gasteiger partial charge in [-0.2, -0.15) is 0 Å². The van der Waals surface area contributed by atoms with Crippen LogP contribution in [0.2, 0.25) is 0 Å². The summed E-state index contributed by atoms with van der Waals surface area (Å²) in [5.41, 5.74) is 34.7. The molecule has 18 aromatic carbocycles. The van der Waals surface area contributed by atoms with Crippen LogP contribution in [0.1, 0.15) is 105 Å². The first kappa shape index (κ1) is 73.9. The lowest BCUT2D eigenvalue weighted by atomic mass is 9.31. The Bertz CT molecular complexity index is 7720. The van der Waals surface area contributed by atoms with Gasteiger partial charge in [-0.15, -0.1) is 0 Å². The monoisotopic (exact) mass is 1630 g/mol. The summed E-state index contributed by atoms with van der Waals surface area (Å²) in [6, 6.07) is 128. The molecular weight excluding hydrogens is 1540 g/mol. The lowest BCUT2D eigenvalue weighted by Gasteiger charge is -2.34. The Balaban J connectivity index is 0.000000142. The van der Waals surface area contributed by atoms with Gasteiger partial charge in [0, 0.05) is 91.9 Å². The van der Waals surface area contributed by atoms with Gasteiger partial charge in [-0.05, 0) is 223 Å². The third-order valence-corrected chi connectivity index (χ3v) is 28.0. The highest BCUT2D eigenvalue weighted by Crippen LogP contribution is 2.52. The molecule has 22 aromatic rings. The molecular formula is C116H92BBrN4. The first-order chi connectivity index (χ1) is 59.0. The Kier molecular flexibility index (Phi) is 16.3. The van der Waals surface area contributed by atoms with Crippen molar-refractivity contribution in [3.63, 3.8) is 0 Å². The van der Waals surface area contributed by atoms with Crippen LogP contribution >= 0.6 is 15.9 Å². The van der Waals surface area contributed by atoms with Crippen molar-refractivity contribution in [2.75, 3.05) is 0 Å². The number of aromatic nitrogens is 4. The van der Waals surface area contributed by atoms with E-state index in [0.717, 1.165) is 4.47 Å². The number of halogens is 1. The van der Waals surface area contributed by atoms with Gasteiger partial charge in [0.05, 0.1) is 44.1 Å². The number of para-hydroxylation sites is 4. The fraction of sp³-hybridized carbons (Fsp3) is 0.138. The van der Waals surface area contributed by atoms with E-state index in [2.05, 4.69) is 457 Å². The van der Waals surface area contributed by atoms with Crippen molar-refractivity contribution in [3.05, 3.63) is 366 Å². The van der Waals surface area contributed by atoms with E-state index in [1.807, 2.05) is 0 Å². The highest BCUT2D eigenvalue weighted by molar-refractivity contribution is 9.10. The number of benzene rings is 18. The number of hydrogen-bond acceptors (Lipinski definition) is 0. The predicted molar refractivity (Wildman–Crippen MR) is 529 cm³/mol. The Morgan fingerprint density at radius 2 is 0.443 bits per heavy atom. The molecule has 4 aromatic heterocycles. The van der Waals surface area contributed by atoms with Crippen LogP contribution in [0.4, 0.5) is 0 Å². The van der Waals surface area contributed by atoms with E-state index in [4.69, 9.17) is 0 Å². The van der Waals surface area contributed by atoms with Gasteiger partial charge >= 0.3 is 0 Å². The number of hydrogen-bond donors (Lipinski definition) is 0. The summed E-state index contributed by atoms with van der Waals surface area (Å²) in [5, 5.41) is 20.4. The van der Waals surface area contributed by atoms with Crippen molar-refractivity contribution in [3.8, 4) is 67.3 Å². The molecule has 0 amide bonds. The molecule has 0 bridgehead atoms. The fourth-order valence-electron chi connectivity index (χ4n) is 21.2. The standard InChI is InChI=1S/C58H45BN2.C58H47BrN2/c1-57(2,3)34-24-28-36(29-25-34)60-50-22-9-7-14-38(50)46-32-44-40-16-11-17-41-45-33-47-39-15-8-10-23-51(39)61(37-30-26-35(27-31-37)58(4,5)6)56(47)43-19-13-21-49(53(43)45)59(54(40)41)48-20-12-18-42(52(44)48)55(46)60;1-57(2,3)36-26-30-38(31-27-36)60-52-24-13-11-18-42(52)50-34-48(40-16-7-9-20-46(40)55(50)60)44-22-15-23-45(54(44)59)49-35-51-43-19-12-14-25-53(43)61(56(51)47-21-10-8-17-41(47)49)39-32-28-37(29-33-39)58(4,5)6/h7-33H,1-6H3;7-35H,1-6H3. The maximum absolute atomic E-state index is 4.27. The van der Waals surface area contributed by atoms with Gasteiger partial charge in [-0.3, -0.25) is 0 Å². The minimum absolute atomic E-state index is 0.0821. The summed E-state index contributed by atoms with van der Waals surface area (Å²) in [7, 11) is 0. The molecule has 0 unspecified atom stereocenters. The average molecular weight is 1630 g/mol. The van der Waals surface area contributed by atoms with E-state index in [9.17, 15) is 0 Å². The van der Waals surface area contributed by atoms with Crippen LogP contribution in [-0.2, 0) is 21.7 Å². The fourth-order valence-corrected chi connectivity index (χ4v) is 21.9. The lowest BCUT2D eigenvalue weighted by molar-refractivity contribution is 0.590. The highest BCUT2D eigenvalue weighted by Gasteiger charge is 2.40. The summed E-state index contributed by atoms with van der Waals surface area (Å²) in [6.45, 7) is 27.5. The SMILES string of the molecule is CC(C)(C)c1ccc(-n2c3ccccc3c3cc(-c4cccc(-c5cc6c7ccccc7n(-c7ccc(C(C)(C)C)cc7)c6c6ccccc56)c4Br)c4ccccc4c32)cc1.CC(C)(C)c1ccc(-n2c3ccccc3c3cc4c5c(cccc5c32)B2c3c-4cccc3-c3cc4c5ccccc5n(-c5ccc(C(C)(C)C)cc5)c4c4cccc2c34)cc1. The molecule has 0 aliphatic carbocycles. The summed E-state index contributed by atoms with van der Waals surface area (Å²) in [5.74, 6) is 0. The zero-order valence-corrected chi connectivity index (χ0v) is 72.7. The maximum atomic E-state index is 4.27. The molecule has 0 fully saturated rings. The van der Waals surface area contributed by atoms with Crippen molar-refractivity contribution in [2.45, 2.75) is 105 Å². The molecule has 6 heterocycles. The third-order valence-electron chi connectivity index (χ3n) is 27.1. The van der Waals surface area contributed by atoms with E-state index in [-0.39, 0.29) is 28.4 Å². The maximum Gasteiger partial charge on any atom is 0.244 e. The van der Waals surface area contributed by atoms with E-state index in [1.54, 1.807) is 0 Å². The zero-order valence-electron chi connectivity index (χ0n) is 71.1. The van der Waals surface area contributed by atoms with Crippen LogP contribution in [0.25, 0.3) is 198 Å². The van der Waals surface area contributed by atoms with Gasteiger partial charge in [0.1, 0.15) is 0 Å². The minimum Gasteiger partial charge on any atom is -0.309 e. The van der Waals surface area contributed by atoms with Crippen LogP contribution < -0.4 is 16.4 Å². The molecule has 586 valence electrons. The van der Waals surface area contributed by atoms with Crippen molar-refractivity contribution in [2.24, 2.45) is 0 Å². The normalized spacial score (nSPS) is 12.9. The van der Waals surface area contributed by atoms with Crippen molar-refractivity contribution < 1.29 is 0 Å². The number of rotatable bonds is 6. The lowest BCUT2D eigenvalue weighted by Crippen LogP contribution is -2.57. The quantitative estimate of drug-likeness (QED) is 0.148.